The molecular formula is C35H54O2. The van der Waals surface area contributed by atoms with E-state index in [1.807, 2.05) is 0 Å². The van der Waals surface area contributed by atoms with Gasteiger partial charge in [-0.05, 0) is 85.9 Å². The molecule has 0 radical (unpaired) electrons. The first-order chi connectivity index (χ1) is 17.3. The third kappa shape index (κ3) is 22.0. The number of aryl methyl sites for hydroxylation is 6. The Hall–Kier alpha value is -2.96. The van der Waals surface area contributed by atoms with Crippen molar-refractivity contribution in [2.24, 2.45) is 0 Å². The molecule has 0 heterocycles. The smallest absolute Gasteiger partial charge is 0.186 e. The molecule has 0 N–H and O–H groups in total. The van der Waals surface area contributed by atoms with Crippen molar-refractivity contribution < 1.29 is 9.59 Å². The number of hydrogen-bond acceptors (Lipinski definition) is 2. The van der Waals surface area contributed by atoms with Crippen LogP contribution in [0.5, 0.6) is 0 Å². The van der Waals surface area contributed by atoms with E-state index in [0.29, 0.717) is 0 Å². The summed E-state index contributed by atoms with van der Waals surface area (Å²) < 4.78 is 0. The summed E-state index contributed by atoms with van der Waals surface area (Å²) in [6, 6.07) is 23.4. The maximum atomic E-state index is 8.12. The Morgan fingerprint density at radius 2 is 0.757 bits per heavy atom. The van der Waals surface area contributed by atoms with Crippen molar-refractivity contribution in [3.05, 3.63) is 106 Å². The van der Waals surface area contributed by atoms with Crippen LogP contribution in [0.3, 0.4) is 0 Å². The van der Waals surface area contributed by atoms with E-state index in [0.717, 1.165) is 0 Å². The van der Waals surface area contributed by atoms with Crippen molar-refractivity contribution in [3.63, 3.8) is 0 Å². The molecule has 0 aromatic heterocycles. The van der Waals surface area contributed by atoms with Crippen molar-refractivity contribution in [1.82, 2.24) is 0 Å². The molecule has 3 aromatic rings. The first-order valence-corrected chi connectivity index (χ1v) is 13.4. The average molecular weight is 507 g/mol. The minimum absolute atomic E-state index is 0.250. The van der Waals surface area contributed by atoms with E-state index in [-0.39, 0.29) is 11.6 Å². The quantitative estimate of drug-likeness (QED) is 0.304. The second-order valence-corrected chi connectivity index (χ2v) is 10.2. The number of rotatable bonds is 0. The molecule has 3 aromatic carbocycles. The van der Waals surface area contributed by atoms with Gasteiger partial charge in [0, 0.05) is 0 Å². The van der Waals surface area contributed by atoms with Crippen LogP contribution in [-0.2, 0) is 15.0 Å². The van der Waals surface area contributed by atoms with Crippen LogP contribution in [0.25, 0.3) is 0 Å². The van der Waals surface area contributed by atoms with E-state index < -0.39 is 0 Å². The van der Waals surface area contributed by atoms with E-state index in [1.54, 1.807) is 0 Å². The van der Waals surface area contributed by atoms with E-state index in [1.165, 1.54) is 51.8 Å². The van der Waals surface area contributed by atoms with Gasteiger partial charge in [-0.1, -0.05) is 128 Å². The third-order valence-electron chi connectivity index (χ3n) is 5.22. The lowest BCUT2D eigenvalue weighted by Gasteiger charge is -2.19. The van der Waals surface area contributed by atoms with Gasteiger partial charge in [-0.2, -0.15) is 9.59 Å². The standard InChI is InChI=1S/C12H18.2C8H10.2C3H8.CO2/c1-9-6-7-11(8-10(9)2)12(3,4)5;2*1-7-5-3-4-6-8(7)2;2*1-3-2;2-1-3/h6-8H,1-5H3;2*3-6H,1-2H3;2*3H2,1-2H3;. The molecule has 0 saturated carbocycles. The van der Waals surface area contributed by atoms with Gasteiger partial charge in [0.2, 0.25) is 0 Å². The molecule has 0 unspecified atom stereocenters. The van der Waals surface area contributed by atoms with Crippen LogP contribution in [0, 0.1) is 41.5 Å². The molecule has 0 aliphatic heterocycles. The summed E-state index contributed by atoms with van der Waals surface area (Å²) in [6.45, 7) is 28.0. The number of carbonyl (C=O) groups excluding carboxylic acids is 2. The second-order valence-electron chi connectivity index (χ2n) is 10.2. The third-order valence-corrected chi connectivity index (χ3v) is 5.22. The molecule has 0 saturated heterocycles. The highest BCUT2D eigenvalue weighted by molar-refractivity contribution is 5.33. The van der Waals surface area contributed by atoms with E-state index in [4.69, 9.17) is 9.59 Å². The average Bonchev–Trinajstić information content (AvgIpc) is 2.81. The van der Waals surface area contributed by atoms with Gasteiger partial charge in [0.15, 0.2) is 0 Å². The molecule has 0 aliphatic rings. The van der Waals surface area contributed by atoms with Gasteiger partial charge >= 0.3 is 6.15 Å². The zero-order chi connectivity index (χ0) is 29.4. The van der Waals surface area contributed by atoms with Crippen LogP contribution >= 0.6 is 0 Å². The highest BCUT2D eigenvalue weighted by atomic mass is 16.2. The number of hydrogen-bond donors (Lipinski definition) is 0. The fourth-order valence-electron chi connectivity index (χ4n) is 2.53. The summed E-state index contributed by atoms with van der Waals surface area (Å²) >= 11 is 0. The summed E-state index contributed by atoms with van der Waals surface area (Å²) in [5, 5.41) is 0. The molecular weight excluding hydrogens is 452 g/mol. The lowest BCUT2D eigenvalue weighted by Crippen LogP contribution is -2.11. The Morgan fingerprint density at radius 3 is 0.946 bits per heavy atom. The molecule has 2 heteroatoms. The molecule has 0 spiro atoms. The van der Waals surface area contributed by atoms with Crippen LogP contribution < -0.4 is 0 Å². The highest BCUT2D eigenvalue weighted by Crippen LogP contribution is 2.23. The van der Waals surface area contributed by atoms with Crippen LogP contribution in [0.1, 0.15) is 100 Å². The summed E-state index contributed by atoms with van der Waals surface area (Å²) in [4.78, 5) is 16.2. The fourth-order valence-corrected chi connectivity index (χ4v) is 2.53. The molecule has 37 heavy (non-hydrogen) atoms. The molecule has 3 rings (SSSR count). The molecule has 0 fully saturated rings. The minimum atomic E-state index is 0.250. The number of benzene rings is 3. The fraction of sp³-hybridized carbons (Fsp3) is 0.457. The Kier molecular flexibility index (Phi) is 24.4. The predicted molar refractivity (Wildman–Crippen MR) is 163 cm³/mol. The van der Waals surface area contributed by atoms with Crippen molar-refractivity contribution in [2.45, 2.75) is 108 Å². The van der Waals surface area contributed by atoms with Gasteiger partial charge in [-0.3, -0.25) is 0 Å². The molecule has 0 atom stereocenters. The topological polar surface area (TPSA) is 34.1 Å². The van der Waals surface area contributed by atoms with Crippen molar-refractivity contribution in [2.75, 3.05) is 0 Å². The summed E-state index contributed by atoms with van der Waals surface area (Å²) in [7, 11) is 0. The summed E-state index contributed by atoms with van der Waals surface area (Å²) in [6.07, 6.45) is 2.75. The molecule has 206 valence electrons. The molecule has 0 bridgehead atoms. The van der Waals surface area contributed by atoms with Gasteiger partial charge in [0.25, 0.3) is 0 Å². The monoisotopic (exact) mass is 506 g/mol. The zero-order valence-electron chi connectivity index (χ0n) is 26.1. The lowest BCUT2D eigenvalue weighted by molar-refractivity contribution is -0.191. The molecule has 2 nitrogen and oxygen atoms in total. The van der Waals surface area contributed by atoms with Crippen molar-refractivity contribution >= 4 is 6.15 Å². The first kappa shape index (κ1) is 38.6. The van der Waals surface area contributed by atoms with Gasteiger partial charge in [-0.15, -0.1) is 0 Å². The Morgan fingerprint density at radius 1 is 0.514 bits per heavy atom. The first-order valence-electron chi connectivity index (χ1n) is 13.4. The summed E-state index contributed by atoms with van der Waals surface area (Å²) in [5.74, 6) is 0. The zero-order valence-corrected chi connectivity index (χ0v) is 26.1. The predicted octanol–water partition coefficient (Wildman–Crippen LogP) is 10.5. The van der Waals surface area contributed by atoms with Gasteiger partial charge < -0.3 is 0 Å². The van der Waals surface area contributed by atoms with Crippen molar-refractivity contribution in [1.29, 1.82) is 0 Å². The van der Waals surface area contributed by atoms with Gasteiger partial charge in [0.1, 0.15) is 0 Å². The Bertz CT molecular complexity index is 901. The van der Waals surface area contributed by atoms with Crippen LogP contribution in [0.4, 0.5) is 0 Å². The van der Waals surface area contributed by atoms with E-state index in [9.17, 15) is 0 Å². The highest BCUT2D eigenvalue weighted by Gasteiger charge is 2.13. The van der Waals surface area contributed by atoms with E-state index >= 15 is 0 Å². The SMILES string of the molecule is CCC.CCC.Cc1ccc(C(C)(C)C)cc1C.Cc1ccccc1C.Cc1ccccc1C.O=C=O. The summed E-state index contributed by atoms with van der Waals surface area (Å²) in [5.41, 5.74) is 9.94. The maximum absolute atomic E-state index is 8.12. The van der Waals surface area contributed by atoms with Crippen LogP contribution in [-0.4, -0.2) is 6.15 Å². The molecule has 0 aliphatic carbocycles. The minimum Gasteiger partial charge on any atom is -0.186 e. The van der Waals surface area contributed by atoms with Crippen molar-refractivity contribution in [3.8, 4) is 0 Å². The normalized spacial score (nSPS) is 9.00. The maximum Gasteiger partial charge on any atom is 0.373 e. The lowest BCUT2D eigenvalue weighted by atomic mass is 9.85. The Labute approximate surface area is 229 Å². The van der Waals surface area contributed by atoms with Gasteiger partial charge in [-0.25, -0.2) is 0 Å². The molecule has 0 amide bonds. The van der Waals surface area contributed by atoms with Crippen LogP contribution in [0.15, 0.2) is 66.7 Å². The Balaban J connectivity index is -0.000000411. The second kappa shape index (κ2) is 23.4. The van der Waals surface area contributed by atoms with Crippen LogP contribution in [0.2, 0.25) is 0 Å². The van der Waals surface area contributed by atoms with Gasteiger partial charge in [0.05, 0.1) is 0 Å². The largest absolute Gasteiger partial charge is 0.373 e. The van der Waals surface area contributed by atoms with E-state index in [2.05, 4.69) is 157 Å².